The number of hydrogen-bond donors (Lipinski definition) is 0. The molecule has 0 saturated carbocycles. The zero-order valence-electron chi connectivity index (χ0n) is 18.6. The van der Waals surface area contributed by atoms with Gasteiger partial charge in [0, 0.05) is 43.5 Å². The maximum absolute atomic E-state index is 5.57. The van der Waals surface area contributed by atoms with Crippen molar-refractivity contribution in [1.29, 1.82) is 0 Å². The summed E-state index contributed by atoms with van der Waals surface area (Å²) in [6.45, 7) is 12.8. The summed E-state index contributed by atoms with van der Waals surface area (Å²) in [7, 11) is 1.78. The molecule has 3 rings (SSSR count). The van der Waals surface area contributed by atoms with Gasteiger partial charge in [-0.05, 0) is 55.3 Å². The fraction of sp³-hybridized carbons (Fsp3) is 0.680. The van der Waals surface area contributed by atoms with Gasteiger partial charge < -0.3 is 9.64 Å². The van der Waals surface area contributed by atoms with Crippen LogP contribution in [0.15, 0.2) is 24.3 Å². The van der Waals surface area contributed by atoms with E-state index in [-0.39, 0.29) is 0 Å². The molecule has 1 saturated heterocycles. The molecule has 3 heteroatoms. The minimum Gasteiger partial charge on any atom is -0.497 e. The van der Waals surface area contributed by atoms with E-state index in [1.54, 1.807) is 12.7 Å². The first kappa shape index (κ1) is 21.2. The number of unbranched alkanes of at least 4 members (excludes halogenated alkanes) is 1. The van der Waals surface area contributed by atoms with Crippen LogP contribution < -0.4 is 9.64 Å². The summed E-state index contributed by atoms with van der Waals surface area (Å²) in [6.07, 6.45) is 11.5. The summed E-state index contributed by atoms with van der Waals surface area (Å²) in [5.74, 6) is 0.972. The molecule has 1 fully saturated rings. The highest BCUT2D eigenvalue weighted by molar-refractivity contribution is 5.78. The van der Waals surface area contributed by atoms with Gasteiger partial charge in [0.15, 0.2) is 0 Å². The average molecular weight is 385 g/mol. The molecule has 2 aliphatic rings. The van der Waals surface area contributed by atoms with Gasteiger partial charge in [0.2, 0.25) is 0 Å². The fourth-order valence-electron chi connectivity index (χ4n) is 4.85. The standard InChI is InChI=1S/C25H40N2O/c1-5-8-15-26-16-18-27(19-17-26)24-20-22(28-4)9-10-23(24)21-11-13-25(6-2,7-3)14-12-21/h9-11,20H,5-8,12-19H2,1-4H3. The van der Waals surface area contributed by atoms with Gasteiger partial charge in [0.05, 0.1) is 7.11 Å². The molecule has 28 heavy (non-hydrogen) atoms. The number of benzene rings is 1. The Bertz CT molecular complexity index is 655. The topological polar surface area (TPSA) is 15.7 Å². The molecule has 0 spiro atoms. The zero-order valence-corrected chi connectivity index (χ0v) is 18.6. The van der Waals surface area contributed by atoms with Crippen molar-refractivity contribution in [2.45, 2.75) is 65.7 Å². The second-order valence-electron chi connectivity index (χ2n) is 8.71. The van der Waals surface area contributed by atoms with Gasteiger partial charge >= 0.3 is 0 Å². The lowest BCUT2D eigenvalue weighted by Crippen LogP contribution is -2.46. The monoisotopic (exact) mass is 384 g/mol. The summed E-state index contributed by atoms with van der Waals surface area (Å²) >= 11 is 0. The van der Waals surface area contributed by atoms with Crippen LogP contribution >= 0.6 is 0 Å². The molecule has 0 unspecified atom stereocenters. The molecular weight excluding hydrogens is 344 g/mol. The highest BCUT2D eigenvalue weighted by atomic mass is 16.5. The minimum atomic E-state index is 0.529. The van der Waals surface area contributed by atoms with Gasteiger partial charge in [-0.2, -0.15) is 0 Å². The van der Waals surface area contributed by atoms with Crippen molar-refractivity contribution in [3.8, 4) is 5.75 Å². The molecule has 0 amide bonds. The van der Waals surface area contributed by atoms with Crippen LogP contribution in [0.3, 0.4) is 0 Å². The lowest BCUT2D eigenvalue weighted by molar-refractivity contribution is 0.238. The first-order valence-electron chi connectivity index (χ1n) is 11.5. The van der Waals surface area contributed by atoms with Gasteiger partial charge in [0.1, 0.15) is 5.75 Å². The van der Waals surface area contributed by atoms with Gasteiger partial charge in [0.25, 0.3) is 0 Å². The molecule has 0 N–H and O–H groups in total. The molecular formula is C25H40N2O. The summed E-state index contributed by atoms with van der Waals surface area (Å²) < 4.78 is 5.57. The van der Waals surface area contributed by atoms with E-state index in [1.807, 2.05) is 0 Å². The summed E-state index contributed by atoms with van der Waals surface area (Å²) in [5, 5.41) is 0. The Kier molecular flexibility index (Phi) is 7.45. The minimum absolute atomic E-state index is 0.529. The van der Waals surface area contributed by atoms with Crippen molar-refractivity contribution in [3.05, 3.63) is 29.8 Å². The van der Waals surface area contributed by atoms with Gasteiger partial charge in [-0.1, -0.05) is 46.1 Å². The molecule has 1 aliphatic heterocycles. The van der Waals surface area contributed by atoms with Crippen LogP contribution in [-0.2, 0) is 0 Å². The number of rotatable bonds is 8. The molecule has 1 aromatic rings. The average Bonchev–Trinajstić information content (AvgIpc) is 2.77. The summed E-state index contributed by atoms with van der Waals surface area (Å²) in [6, 6.07) is 6.70. The molecule has 0 bridgehead atoms. The predicted molar refractivity (Wildman–Crippen MR) is 121 cm³/mol. The third-order valence-corrected chi connectivity index (χ3v) is 7.30. The first-order valence-corrected chi connectivity index (χ1v) is 11.5. The number of piperazine rings is 1. The maximum atomic E-state index is 5.57. The second kappa shape index (κ2) is 9.82. The van der Waals surface area contributed by atoms with E-state index in [0.717, 1.165) is 18.8 Å². The Hall–Kier alpha value is -1.48. The van der Waals surface area contributed by atoms with Gasteiger partial charge in [-0.25, -0.2) is 0 Å². The second-order valence-corrected chi connectivity index (χ2v) is 8.71. The first-order chi connectivity index (χ1) is 13.6. The fourth-order valence-corrected chi connectivity index (χ4v) is 4.85. The van der Waals surface area contributed by atoms with Crippen molar-refractivity contribution in [1.82, 2.24) is 4.90 Å². The van der Waals surface area contributed by atoms with Gasteiger partial charge in [-0.15, -0.1) is 0 Å². The predicted octanol–water partition coefficient (Wildman–Crippen LogP) is 5.99. The highest BCUT2D eigenvalue weighted by Crippen LogP contribution is 2.45. The Morgan fingerprint density at radius 1 is 1.04 bits per heavy atom. The van der Waals surface area contributed by atoms with Crippen molar-refractivity contribution in [2.24, 2.45) is 5.41 Å². The molecule has 156 valence electrons. The van der Waals surface area contributed by atoms with E-state index in [2.05, 4.69) is 54.8 Å². The number of methoxy groups -OCH3 is 1. The highest BCUT2D eigenvalue weighted by Gasteiger charge is 2.30. The van der Waals surface area contributed by atoms with E-state index in [9.17, 15) is 0 Å². The molecule has 3 nitrogen and oxygen atoms in total. The molecule has 1 aromatic carbocycles. The largest absolute Gasteiger partial charge is 0.497 e. The maximum Gasteiger partial charge on any atom is 0.120 e. The molecule has 0 atom stereocenters. The van der Waals surface area contributed by atoms with E-state index in [0.29, 0.717) is 5.41 Å². The summed E-state index contributed by atoms with van der Waals surface area (Å²) in [5.41, 5.74) is 4.88. The van der Waals surface area contributed by atoms with E-state index in [1.165, 1.54) is 75.8 Å². The van der Waals surface area contributed by atoms with Crippen LogP contribution in [0.25, 0.3) is 5.57 Å². The molecule has 1 heterocycles. The zero-order chi connectivity index (χ0) is 20.0. The van der Waals surface area contributed by atoms with Crippen LogP contribution in [0.2, 0.25) is 0 Å². The SMILES string of the molecule is CCCCN1CCN(c2cc(OC)ccc2C2=CCC(CC)(CC)CC2)CC1. The van der Waals surface area contributed by atoms with Crippen molar-refractivity contribution in [3.63, 3.8) is 0 Å². The van der Waals surface area contributed by atoms with E-state index >= 15 is 0 Å². The van der Waals surface area contributed by atoms with Crippen molar-refractivity contribution >= 4 is 11.3 Å². The Morgan fingerprint density at radius 3 is 2.36 bits per heavy atom. The summed E-state index contributed by atoms with van der Waals surface area (Å²) in [4.78, 5) is 5.21. The molecule has 0 radical (unpaired) electrons. The number of ether oxygens (including phenoxy) is 1. The molecule has 1 aliphatic carbocycles. The lowest BCUT2D eigenvalue weighted by atomic mass is 9.70. The van der Waals surface area contributed by atoms with Crippen LogP contribution in [0.5, 0.6) is 5.75 Å². The van der Waals surface area contributed by atoms with Gasteiger partial charge in [-0.3, -0.25) is 4.90 Å². The normalized spacial score (nSPS) is 20.1. The number of allylic oxidation sites excluding steroid dienone is 2. The van der Waals surface area contributed by atoms with Crippen molar-refractivity contribution in [2.75, 3.05) is 44.7 Å². The van der Waals surface area contributed by atoms with Crippen LogP contribution in [-0.4, -0.2) is 44.7 Å². The Labute approximate surface area is 172 Å². The lowest BCUT2D eigenvalue weighted by Gasteiger charge is -2.39. The number of nitrogens with zero attached hydrogens (tertiary/aromatic N) is 2. The van der Waals surface area contributed by atoms with Crippen molar-refractivity contribution < 1.29 is 4.74 Å². The van der Waals surface area contributed by atoms with Crippen LogP contribution in [0.4, 0.5) is 5.69 Å². The number of anilines is 1. The smallest absolute Gasteiger partial charge is 0.120 e. The molecule has 0 aromatic heterocycles. The quantitative estimate of drug-likeness (QED) is 0.547. The Morgan fingerprint density at radius 2 is 1.79 bits per heavy atom. The Balaban J connectivity index is 1.79. The third-order valence-electron chi connectivity index (χ3n) is 7.30. The van der Waals surface area contributed by atoms with E-state index < -0.39 is 0 Å². The van der Waals surface area contributed by atoms with Crippen LogP contribution in [0, 0.1) is 5.41 Å². The van der Waals surface area contributed by atoms with Crippen LogP contribution in [0.1, 0.15) is 71.3 Å². The van der Waals surface area contributed by atoms with E-state index in [4.69, 9.17) is 4.74 Å². The number of hydrogen-bond acceptors (Lipinski definition) is 3. The third kappa shape index (κ3) is 4.74.